The van der Waals surface area contributed by atoms with E-state index in [1.807, 2.05) is 0 Å². The van der Waals surface area contributed by atoms with Gasteiger partial charge in [-0.3, -0.25) is 9.36 Å². The van der Waals surface area contributed by atoms with Crippen molar-refractivity contribution in [1.82, 2.24) is 19.5 Å². The van der Waals surface area contributed by atoms with Crippen molar-refractivity contribution < 1.29 is 24.9 Å². The number of carbonyl (C=O) groups is 1. The molecule has 3 heterocycles. The molecule has 0 aromatic carbocycles. The molecule has 0 aliphatic carbocycles. The largest absolute Gasteiger partial charge is 0.480 e. The van der Waals surface area contributed by atoms with Crippen LogP contribution in [0.2, 0.25) is 0 Å². The van der Waals surface area contributed by atoms with Gasteiger partial charge in [0.2, 0.25) is 0 Å². The summed E-state index contributed by atoms with van der Waals surface area (Å²) in [6.07, 6.45) is 0.943. The van der Waals surface area contributed by atoms with Crippen LogP contribution in [0, 0.1) is 0 Å². The second-order valence-electron chi connectivity index (χ2n) is 6.80. The van der Waals surface area contributed by atoms with Crippen molar-refractivity contribution in [1.29, 1.82) is 0 Å². The van der Waals surface area contributed by atoms with Crippen LogP contribution in [0.3, 0.4) is 0 Å². The third-order valence-electron chi connectivity index (χ3n) is 4.79. The predicted molar refractivity (Wildman–Crippen MR) is 108 cm³/mol. The van der Waals surface area contributed by atoms with Crippen molar-refractivity contribution >= 4 is 33.8 Å². The van der Waals surface area contributed by atoms with Crippen LogP contribution in [0.15, 0.2) is 25.3 Å². The highest BCUT2D eigenvalue weighted by molar-refractivity contribution is 7.97. The maximum atomic E-state index is 10.9. The third-order valence-corrected chi connectivity index (χ3v) is 7.11. The Morgan fingerprint density at radius 3 is 2.83 bits per heavy atom. The first kappa shape index (κ1) is 21.5. The van der Waals surface area contributed by atoms with E-state index < -0.39 is 36.6 Å². The van der Waals surface area contributed by atoms with Crippen LogP contribution < -0.4 is 11.5 Å². The zero-order chi connectivity index (χ0) is 21.1. The van der Waals surface area contributed by atoms with Crippen LogP contribution in [0.1, 0.15) is 12.6 Å². The van der Waals surface area contributed by atoms with E-state index in [0.717, 1.165) is 0 Å². The quantitative estimate of drug-likeness (QED) is 0.237. The Bertz CT molecular complexity index is 879. The molecular weight excluding hydrogens is 400 g/mol. The Labute approximate surface area is 169 Å². The van der Waals surface area contributed by atoms with Gasteiger partial charge >= 0.3 is 5.97 Å². The van der Waals surface area contributed by atoms with Crippen molar-refractivity contribution in [2.75, 3.05) is 23.0 Å². The number of carboxylic acid groups (broad SMARTS) is 1. The smallest absolute Gasteiger partial charge is 0.320 e. The van der Waals surface area contributed by atoms with E-state index in [1.165, 1.54) is 17.2 Å². The van der Waals surface area contributed by atoms with E-state index in [0.29, 0.717) is 34.8 Å². The number of aliphatic carboxylic acids is 1. The van der Waals surface area contributed by atoms with E-state index in [-0.39, 0.29) is 16.7 Å². The highest BCUT2D eigenvalue weighted by atomic mass is 32.2. The summed E-state index contributed by atoms with van der Waals surface area (Å²) in [5, 5.41) is 30.0. The number of hydrogen-bond acceptors (Lipinski definition) is 9. The van der Waals surface area contributed by atoms with Gasteiger partial charge in [0, 0.05) is 6.42 Å². The van der Waals surface area contributed by atoms with Crippen molar-refractivity contribution in [2.45, 2.75) is 37.0 Å². The number of anilines is 1. The monoisotopic (exact) mass is 425 g/mol. The number of ether oxygens (including phenoxy) is 1. The first-order chi connectivity index (χ1) is 13.8. The van der Waals surface area contributed by atoms with Crippen LogP contribution >= 0.6 is 0 Å². The van der Waals surface area contributed by atoms with E-state index in [4.69, 9.17) is 21.3 Å². The summed E-state index contributed by atoms with van der Waals surface area (Å²) in [5.74, 6) is 0.799. The minimum absolute atomic E-state index is 0.209. The molecule has 1 saturated heterocycles. The Kier molecular flexibility index (Phi) is 6.70. The molecule has 11 nitrogen and oxygen atoms in total. The average Bonchev–Trinajstić information content (AvgIpc) is 3.23. The fourth-order valence-electron chi connectivity index (χ4n) is 3.20. The van der Waals surface area contributed by atoms with Gasteiger partial charge in [0.25, 0.3) is 0 Å². The number of carboxylic acids is 1. The van der Waals surface area contributed by atoms with Crippen LogP contribution in [0.5, 0.6) is 0 Å². The fourth-order valence-corrected chi connectivity index (χ4v) is 5.33. The fraction of sp³-hybridized carbons (Fsp3) is 0.529. The number of rotatable bonds is 9. The number of nitrogen functional groups attached to an aromatic ring is 1. The number of aliphatic hydroxyl groups is 2. The van der Waals surface area contributed by atoms with Gasteiger partial charge in [0.05, 0.1) is 6.33 Å². The molecule has 7 N–H and O–H groups in total. The number of aromatic nitrogens is 4. The Balaban J connectivity index is 1.73. The maximum Gasteiger partial charge on any atom is 0.320 e. The summed E-state index contributed by atoms with van der Waals surface area (Å²) in [6.45, 7) is 3.74. The minimum atomic E-state index is -1.19. The van der Waals surface area contributed by atoms with Crippen molar-refractivity contribution in [3.63, 3.8) is 0 Å². The molecule has 1 fully saturated rings. The zero-order valence-electron chi connectivity index (χ0n) is 15.7. The molecule has 29 heavy (non-hydrogen) atoms. The lowest BCUT2D eigenvalue weighted by atomic mass is 10.1. The number of nitrogens with two attached hydrogens (primary N) is 2. The highest BCUT2D eigenvalue weighted by Gasteiger charge is 2.47. The predicted octanol–water partition coefficient (Wildman–Crippen LogP) is -1.37. The molecule has 0 amide bonds. The second kappa shape index (κ2) is 9.05. The zero-order valence-corrected chi connectivity index (χ0v) is 16.5. The van der Waals surface area contributed by atoms with Gasteiger partial charge in [0.1, 0.15) is 53.5 Å². The number of aliphatic hydroxyl groups excluding tert-OH is 2. The van der Waals surface area contributed by atoms with Gasteiger partial charge in [0.15, 0.2) is 17.7 Å². The molecule has 12 heteroatoms. The van der Waals surface area contributed by atoms with Crippen LogP contribution in [0.25, 0.3) is 11.2 Å². The Morgan fingerprint density at radius 1 is 1.38 bits per heavy atom. The molecule has 3 rings (SSSR count). The first-order valence-electron chi connectivity index (χ1n) is 9.01. The van der Waals surface area contributed by atoms with Gasteiger partial charge in [-0.05, 0) is 17.0 Å². The lowest BCUT2D eigenvalue weighted by molar-refractivity contribution is -0.138. The number of fused-ring (bicyclic) bond motifs is 1. The number of hydrogen-bond donors (Lipinski definition) is 5. The van der Waals surface area contributed by atoms with Crippen molar-refractivity contribution in [3.05, 3.63) is 25.3 Å². The topological polar surface area (TPSA) is 183 Å². The molecule has 0 saturated carbocycles. The SMILES string of the molecule is C=CC[S@+](CC[C@H](N)C(=O)O)C[C@H]1O[C@@H](n2cnc3c(N)ncnc32)[C@H](O)[C@@H]1O. The summed E-state index contributed by atoms with van der Waals surface area (Å²) in [7, 11) is -0.308. The van der Waals surface area contributed by atoms with Crippen molar-refractivity contribution in [2.24, 2.45) is 5.73 Å². The van der Waals surface area contributed by atoms with Gasteiger partial charge in [-0.15, -0.1) is 0 Å². The molecule has 0 radical (unpaired) electrons. The van der Waals surface area contributed by atoms with Gasteiger partial charge in [-0.25, -0.2) is 15.0 Å². The minimum Gasteiger partial charge on any atom is -0.480 e. The summed E-state index contributed by atoms with van der Waals surface area (Å²) < 4.78 is 7.48. The van der Waals surface area contributed by atoms with Gasteiger partial charge in [-0.1, -0.05) is 6.58 Å². The van der Waals surface area contributed by atoms with Gasteiger partial charge < -0.3 is 31.5 Å². The van der Waals surface area contributed by atoms with Gasteiger partial charge in [-0.2, -0.15) is 0 Å². The van der Waals surface area contributed by atoms with Crippen LogP contribution in [-0.4, -0.2) is 82.4 Å². The van der Waals surface area contributed by atoms with Crippen LogP contribution in [0.4, 0.5) is 5.82 Å². The molecule has 0 unspecified atom stereocenters. The lowest BCUT2D eigenvalue weighted by Gasteiger charge is -2.16. The summed E-state index contributed by atoms with van der Waals surface area (Å²) >= 11 is 0. The maximum absolute atomic E-state index is 10.9. The third kappa shape index (κ3) is 4.51. The molecule has 2 aromatic heterocycles. The highest BCUT2D eigenvalue weighted by Crippen LogP contribution is 2.33. The molecule has 1 aliphatic rings. The molecular formula is C17H25N6O5S+. The molecule has 0 spiro atoms. The average molecular weight is 425 g/mol. The van der Waals surface area contributed by atoms with Crippen molar-refractivity contribution in [3.8, 4) is 0 Å². The standard InChI is InChI=1S/C17H24N6O5S/c1-2-4-29(5-3-9(18)17(26)27)6-10-12(24)13(25)16(28-10)23-8-22-11-14(19)20-7-21-15(11)23/h2,7-10,12-13,16,24-25H,1,3-6,18H2,(H2-,19,20,21,26,27)/p+1/t9-,10+,12+,13+,16+,29+/m0/s1. The van der Waals surface area contributed by atoms with E-state index in [9.17, 15) is 15.0 Å². The van der Waals surface area contributed by atoms with E-state index >= 15 is 0 Å². The van der Waals surface area contributed by atoms with E-state index in [2.05, 4.69) is 21.5 Å². The second-order valence-corrected chi connectivity index (χ2v) is 9.10. The molecule has 6 atom stereocenters. The molecule has 2 aromatic rings. The molecule has 1 aliphatic heterocycles. The Morgan fingerprint density at radius 2 is 2.14 bits per heavy atom. The first-order valence-corrected chi connectivity index (χ1v) is 10.7. The normalized spacial score (nSPS) is 26.4. The summed E-state index contributed by atoms with van der Waals surface area (Å²) in [6, 6.07) is -0.940. The van der Waals surface area contributed by atoms with E-state index in [1.54, 1.807) is 6.08 Å². The van der Waals surface area contributed by atoms with Crippen LogP contribution in [-0.2, 0) is 20.4 Å². The summed E-state index contributed by atoms with van der Waals surface area (Å²) in [5.41, 5.74) is 12.2. The molecule has 158 valence electrons. The summed E-state index contributed by atoms with van der Waals surface area (Å²) in [4.78, 5) is 23.1. The molecule has 0 bridgehead atoms. The number of imidazole rings is 1. The number of nitrogens with zero attached hydrogens (tertiary/aromatic N) is 4. The lowest BCUT2D eigenvalue weighted by Crippen LogP contribution is -2.38. The Hall–Kier alpha value is -2.25.